The summed E-state index contributed by atoms with van der Waals surface area (Å²) in [5.74, 6) is -0.492. The van der Waals surface area contributed by atoms with Crippen LogP contribution in [0.4, 0.5) is 21.0 Å². The van der Waals surface area contributed by atoms with Gasteiger partial charge in [0, 0.05) is 24.5 Å². The molecule has 31 heavy (non-hydrogen) atoms. The fraction of sp³-hybridized carbons (Fsp3) is 0.545. The van der Waals surface area contributed by atoms with E-state index in [9.17, 15) is 19.2 Å². The van der Waals surface area contributed by atoms with Crippen molar-refractivity contribution in [2.45, 2.75) is 45.6 Å². The van der Waals surface area contributed by atoms with Gasteiger partial charge in [0.25, 0.3) is 5.91 Å². The number of hydrogen-bond donors (Lipinski definition) is 3. The zero-order chi connectivity index (χ0) is 22.4. The van der Waals surface area contributed by atoms with E-state index in [1.807, 2.05) is 0 Å². The number of imide groups is 1. The molecule has 0 bridgehead atoms. The van der Waals surface area contributed by atoms with E-state index in [1.165, 1.54) is 0 Å². The van der Waals surface area contributed by atoms with Crippen LogP contribution in [0, 0.1) is 11.3 Å². The lowest BCUT2D eigenvalue weighted by atomic mass is 9.64. The molecule has 1 spiro atoms. The van der Waals surface area contributed by atoms with Gasteiger partial charge in [0.05, 0.1) is 0 Å². The van der Waals surface area contributed by atoms with Gasteiger partial charge in [0.1, 0.15) is 12.1 Å². The summed E-state index contributed by atoms with van der Waals surface area (Å²) < 4.78 is 0. The minimum absolute atomic E-state index is 0.0683. The molecule has 2 saturated heterocycles. The summed E-state index contributed by atoms with van der Waals surface area (Å²) in [6, 6.07) is 6.22. The number of urea groups is 2. The van der Waals surface area contributed by atoms with Gasteiger partial charge < -0.3 is 16.0 Å². The summed E-state index contributed by atoms with van der Waals surface area (Å²) in [6.45, 7) is 7.06. The van der Waals surface area contributed by atoms with Crippen molar-refractivity contribution in [2.24, 2.45) is 11.3 Å². The molecule has 1 saturated carbocycles. The Morgan fingerprint density at radius 3 is 2.65 bits per heavy atom. The first kappa shape index (κ1) is 21.1. The lowest BCUT2D eigenvalue weighted by Gasteiger charge is -2.43. The van der Waals surface area contributed by atoms with Crippen molar-refractivity contribution in [1.29, 1.82) is 0 Å². The Labute approximate surface area is 181 Å². The molecule has 2 aliphatic heterocycles. The largest absolute Gasteiger partial charge is 0.336 e. The topological polar surface area (TPSA) is 111 Å². The molecule has 1 aromatic rings. The molecule has 3 fully saturated rings. The first-order valence-electron chi connectivity index (χ1n) is 10.7. The van der Waals surface area contributed by atoms with E-state index in [4.69, 9.17) is 0 Å². The average molecular weight is 428 g/mol. The Morgan fingerprint density at radius 1 is 1.19 bits per heavy atom. The Balaban J connectivity index is 1.44. The van der Waals surface area contributed by atoms with Gasteiger partial charge >= 0.3 is 12.1 Å². The van der Waals surface area contributed by atoms with Crippen LogP contribution in [0.2, 0.25) is 0 Å². The molecule has 9 heteroatoms. The molecule has 3 N–H and O–H groups in total. The van der Waals surface area contributed by atoms with Gasteiger partial charge in [-0.05, 0) is 48.8 Å². The highest BCUT2D eigenvalue weighted by atomic mass is 16.2. The second kappa shape index (κ2) is 7.55. The molecular weight excluding hydrogens is 398 g/mol. The third-order valence-electron chi connectivity index (χ3n) is 6.22. The minimum atomic E-state index is -0.929. The van der Waals surface area contributed by atoms with Crippen LogP contribution in [0.3, 0.4) is 0 Å². The maximum absolute atomic E-state index is 13.2. The Hall–Kier alpha value is -3.10. The van der Waals surface area contributed by atoms with Crippen molar-refractivity contribution in [1.82, 2.24) is 15.5 Å². The molecule has 2 atom stereocenters. The van der Waals surface area contributed by atoms with E-state index in [0.29, 0.717) is 43.2 Å². The van der Waals surface area contributed by atoms with Crippen LogP contribution in [0.15, 0.2) is 24.3 Å². The van der Waals surface area contributed by atoms with Gasteiger partial charge in [-0.2, -0.15) is 0 Å². The smallest absolute Gasteiger partial charge is 0.325 e. The first-order chi connectivity index (χ1) is 14.6. The zero-order valence-electron chi connectivity index (χ0n) is 18.2. The molecule has 9 nitrogen and oxygen atoms in total. The van der Waals surface area contributed by atoms with E-state index in [-0.39, 0.29) is 23.9 Å². The van der Waals surface area contributed by atoms with Gasteiger partial charge in [-0.3, -0.25) is 19.4 Å². The van der Waals surface area contributed by atoms with Crippen molar-refractivity contribution < 1.29 is 19.2 Å². The van der Waals surface area contributed by atoms with Gasteiger partial charge in [-0.25, -0.2) is 9.59 Å². The molecular formula is C22H29N5O4. The number of nitrogens with zero attached hydrogens (tertiary/aromatic N) is 2. The molecule has 4 rings (SSSR count). The fourth-order valence-corrected chi connectivity index (χ4v) is 5.46. The van der Waals surface area contributed by atoms with Crippen LogP contribution in [0.5, 0.6) is 0 Å². The first-order valence-corrected chi connectivity index (χ1v) is 10.7. The number of anilines is 2. The van der Waals surface area contributed by atoms with Gasteiger partial charge in [-0.1, -0.05) is 26.8 Å². The highest BCUT2D eigenvalue weighted by Crippen LogP contribution is 2.46. The number of carbonyl (C=O) groups is 4. The summed E-state index contributed by atoms with van der Waals surface area (Å²) in [5, 5.41) is 8.35. The van der Waals surface area contributed by atoms with Gasteiger partial charge in [0.15, 0.2) is 0 Å². The summed E-state index contributed by atoms with van der Waals surface area (Å²) in [7, 11) is 0. The quantitative estimate of drug-likeness (QED) is 0.640. The summed E-state index contributed by atoms with van der Waals surface area (Å²) in [6.07, 6.45) is 2.13. The standard InChI is InChI=1S/C22H29N5O4/c1-14-10-21(2,3)13-22(11-14)18(29)27(20(31)25-22)12-17(28)24-15-5-4-6-16(9-15)26-8-7-23-19(26)30/h4-6,9,14H,7-8,10-13H2,1-3H3,(H,23,30)(H,24,28)(H,25,31). The van der Waals surface area contributed by atoms with Crippen LogP contribution < -0.4 is 20.9 Å². The van der Waals surface area contributed by atoms with E-state index in [0.717, 1.165) is 11.3 Å². The molecule has 1 aliphatic carbocycles. The van der Waals surface area contributed by atoms with Crippen molar-refractivity contribution in [3.63, 3.8) is 0 Å². The monoisotopic (exact) mass is 427 g/mol. The maximum atomic E-state index is 13.2. The van der Waals surface area contributed by atoms with Crippen LogP contribution in [0.25, 0.3) is 0 Å². The third-order valence-corrected chi connectivity index (χ3v) is 6.22. The van der Waals surface area contributed by atoms with E-state index in [2.05, 4.69) is 36.7 Å². The summed E-state index contributed by atoms with van der Waals surface area (Å²) in [5.41, 5.74) is 0.166. The normalized spacial score (nSPS) is 27.5. The third kappa shape index (κ3) is 4.08. The van der Waals surface area contributed by atoms with Crippen molar-refractivity contribution in [2.75, 3.05) is 29.9 Å². The van der Waals surface area contributed by atoms with Gasteiger partial charge in [0.2, 0.25) is 5.91 Å². The summed E-state index contributed by atoms with van der Waals surface area (Å²) >= 11 is 0. The average Bonchev–Trinajstić information content (AvgIpc) is 3.17. The lowest BCUT2D eigenvalue weighted by Crippen LogP contribution is -2.54. The zero-order valence-corrected chi connectivity index (χ0v) is 18.2. The highest BCUT2D eigenvalue weighted by molar-refractivity contribution is 6.10. The molecule has 6 amide bonds. The Morgan fingerprint density at radius 2 is 1.97 bits per heavy atom. The minimum Gasteiger partial charge on any atom is -0.336 e. The SMILES string of the molecule is CC1CC(C)(C)CC2(C1)NC(=O)N(CC(=O)Nc1cccc(N3CCNC3=O)c1)C2=O. The van der Waals surface area contributed by atoms with E-state index in [1.54, 1.807) is 29.2 Å². The number of hydrogen-bond acceptors (Lipinski definition) is 4. The second-order valence-corrected chi connectivity index (χ2v) is 9.74. The van der Waals surface area contributed by atoms with Crippen molar-refractivity contribution in [3.8, 4) is 0 Å². The van der Waals surface area contributed by atoms with Crippen molar-refractivity contribution in [3.05, 3.63) is 24.3 Å². The number of nitrogens with one attached hydrogen (secondary N) is 3. The number of benzene rings is 1. The summed E-state index contributed by atoms with van der Waals surface area (Å²) in [4.78, 5) is 52.9. The maximum Gasteiger partial charge on any atom is 0.325 e. The predicted octanol–water partition coefficient (Wildman–Crippen LogP) is 2.29. The molecule has 3 aliphatic rings. The van der Waals surface area contributed by atoms with E-state index < -0.39 is 17.5 Å². The molecule has 2 unspecified atom stereocenters. The van der Waals surface area contributed by atoms with E-state index >= 15 is 0 Å². The highest BCUT2D eigenvalue weighted by Gasteiger charge is 2.56. The van der Waals surface area contributed by atoms with Crippen LogP contribution in [-0.2, 0) is 9.59 Å². The molecule has 2 heterocycles. The fourth-order valence-electron chi connectivity index (χ4n) is 5.46. The number of amides is 6. The van der Waals surface area contributed by atoms with Gasteiger partial charge in [-0.15, -0.1) is 0 Å². The van der Waals surface area contributed by atoms with Crippen LogP contribution in [-0.4, -0.2) is 53.9 Å². The number of rotatable bonds is 4. The molecule has 0 aromatic heterocycles. The van der Waals surface area contributed by atoms with Crippen molar-refractivity contribution >= 4 is 35.3 Å². The number of carbonyl (C=O) groups excluding carboxylic acids is 4. The Bertz CT molecular complexity index is 946. The lowest BCUT2D eigenvalue weighted by molar-refractivity contribution is -0.136. The van der Waals surface area contributed by atoms with Crippen LogP contribution in [0.1, 0.15) is 40.0 Å². The van der Waals surface area contributed by atoms with Crippen LogP contribution >= 0.6 is 0 Å². The predicted molar refractivity (Wildman–Crippen MR) is 116 cm³/mol. The molecule has 0 radical (unpaired) electrons. The molecule has 166 valence electrons. The second-order valence-electron chi connectivity index (χ2n) is 9.74. The Kier molecular flexibility index (Phi) is 5.15. The molecule has 1 aromatic carbocycles.